The molecule has 22 heavy (non-hydrogen) atoms. The predicted octanol–water partition coefficient (Wildman–Crippen LogP) is 3.39. The summed E-state index contributed by atoms with van der Waals surface area (Å²) in [6.45, 7) is 3.22. The molecule has 0 aliphatic carbocycles. The van der Waals surface area contributed by atoms with E-state index in [1.807, 2.05) is 30.3 Å². The van der Waals surface area contributed by atoms with Crippen LogP contribution in [0, 0.1) is 0 Å². The maximum atomic E-state index is 6.14. The Hall–Kier alpha value is -1.78. The Morgan fingerprint density at radius 2 is 2.00 bits per heavy atom. The Morgan fingerprint density at radius 3 is 2.77 bits per heavy atom. The van der Waals surface area contributed by atoms with Crippen LogP contribution in [0.4, 0.5) is 5.69 Å². The predicted molar refractivity (Wildman–Crippen MR) is 95.2 cm³/mol. The number of rotatable bonds is 2. The molecule has 2 aromatic carbocycles. The van der Waals surface area contributed by atoms with Gasteiger partial charge in [0.25, 0.3) is 0 Å². The lowest BCUT2D eigenvalue weighted by molar-refractivity contribution is 0.231. The lowest BCUT2D eigenvalue weighted by Crippen LogP contribution is -2.34. The molecule has 0 saturated heterocycles. The van der Waals surface area contributed by atoms with Crippen molar-refractivity contribution in [3.05, 3.63) is 59.2 Å². The van der Waals surface area contributed by atoms with Gasteiger partial charge < -0.3 is 5.73 Å². The number of nitrogens with two attached hydrogens (primary N) is 1. The molecule has 0 fully saturated rings. The SMILES string of the molecule is CC1Cc2ccc(N=C(N)c3ccccc3S)cc2CN1C. The van der Waals surface area contributed by atoms with Gasteiger partial charge in [0.05, 0.1) is 5.69 Å². The van der Waals surface area contributed by atoms with Crippen LogP contribution in [-0.2, 0) is 13.0 Å². The van der Waals surface area contributed by atoms with Crippen LogP contribution in [0.2, 0.25) is 0 Å². The van der Waals surface area contributed by atoms with Gasteiger partial charge in [0, 0.05) is 23.0 Å². The molecule has 1 heterocycles. The van der Waals surface area contributed by atoms with Crippen LogP contribution in [0.25, 0.3) is 0 Å². The van der Waals surface area contributed by atoms with Crippen LogP contribution in [0.5, 0.6) is 0 Å². The molecule has 1 atom stereocenters. The van der Waals surface area contributed by atoms with Gasteiger partial charge in [-0.2, -0.15) is 0 Å². The average Bonchev–Trinajstić information content (AvgIpc) is 2.49. The Labute approximate surface area is 137 Å². The number of fused-ring (bicyclic) bond motifs is 1. The summed E-state index contributed by atoms with van der Waals surface area (Å²) >= 11 is 4.44. The van der Waals surface area contributed by atoms with Crippen LogP contribution in [0.1, 0.15) is 23.6 Å². The Balaban J connectivity index is 1.92. The van der Waals surface area contributed by atoms with Crippen LogP contribution < -0.4 is 5.73 Å². The maximum absolute atomic E-state index is 6.14. The van der Waals surface area contributed by atoms with E-state index in [9.17, 15) is 0 Å². The molecular formula is C18H21N3S. The lowest BCUT2D eigenvalue weighted by Gasteiger charge is -2.31. The molecule has 0 bridgehead atoms. The van der Waals surface area contributed by atoms with Crippen molar-refractivity contribution in [2.75, 3.05) is 7.05 Å². The smallest absolute Gasteiger partial charge is 0.132 e. The van der Waals surface area contributed by atoms with Crippen molar-refractivity contribution in [1.82, 2.24) is 4.90 Å². The normalized spacial score (nSPS) is 19.0. The van der Waals surface area contributed by atoms with Gasteiger partial charge in [0.1, 0.15) is 5.84 Å². The molecule has 3 rings (SSSR count). The molecule has 1 unspecified atom stereocenters. The molecule has 4 heteroatoms. The van der Waals surface area contributed by atoms with Crippen molar-refractivity contribution in [3.63, 3.8) is 0 Å². The molecule has 0 radical (unpaired) electrons. The monoisotopic (exact) mass is 311 g/mol. The van der Waals surface area contributed by atoms with Crippen LogP contribution in [-0.4, -0.2) is 23.8 Å². The molecule has 0 spiro atoms. The van der Waals surface area contributed by atoms with Gasteiger partial charge in [0.15, 0.2) is 0 Å². The zero-order valence-corrected chi connectivity index (χ0v) is 13.8. The third kappa shape index (κ3) is 3.03. The van der Waals surface area contributed by atoms with Crippen LogP contribution >= 0.6 is 12.6 Å². The molecule has 2 aromatic rings. The summed E-state index contributed by atoms with van der Waals surface area (Å²) in [7, 11) is 2.16. The largest absolute Gasteiger partial charge is 0.383 e. The van der Waals surface area contributed by atoms with Crippen molar-refractivity contribution in [1.29, 1.82) is 0 Å². The second-order valence-electron chi connectivity index (χ2n) is 5.94. The number of nitrogens with zero attached hydrogens (tertiary/aromatic N) is 2. The van der Waals surface area contributed by atoms with E-state index in [1.165, 1.54) is 11.1 Å². The molecule has 1 aliphatic heterocycles. The van der Waals surface area contributed by atoms with Gasteiger partial charge in [-0.1, -0.05) is 24.3 Å². The first-order valence-corrected chi connectivity index (χ1v) is 7.94. The first-order chi connectivity index (χ1) is 10.5. The highest BCUT2D eigenvalue weighted by atomic mass is 32.1. The highest BCUT2D eigenvalue weighted by Crippen LogP contribution is 2.26. The van der Waals surface area contributed by atoms with E-state index < -0.39 is 0 Å². The minimum Gasteiger partial charge on any atom is -0.383 e. The van der Waals surface area contributed by atoms with Gasteiger partial charge in [0.2, 0.25) is 0 Å². The quantitative estimate of drug-likeness (QED) is 0.507. The van der Waals surface area contributed by atoms with E-state index in [-0.39, 0.29) is 0 Å². The molecule has 3 nitrogen and oxygen atoms in total. The fraction of sp³-hybridized carbons (Fsp3) is 0.278. The summed E-state index contributed by atoms with van der Waals surface area (Å²) < 4.78 is 0. The van der Waals surface area contributed by atoms with Gasteiger partial charge in [-0.3, -0.25) is 4.90 Å². The number of thiol groups is 1. The fourth-order valence-corrected chi connectivity index (χ4v) is 3.09. The van der Waals surface area contributed by atoms with E-state index in [4.69, 9.17) is 5.73 Å². The van der Waals surface area contributed by atoms with Gasteiger partial charge in [-0.15, -0.1) is 12.6 Å². The maximum Gasteiger partial charge on any atom is 0.132 e. The Kier molecular flexibility index (Phi) is 4.23. The summed E-state index contributed by atoms with van der Waals surface area (Å²) in [5.41, 5.74) is 10.7. The standard InChI is InChI=1S/C18H21N3S/c1-12-9-13-7-8-15(10-14(13)11-21(12)2)20-18(19)16-5-3-4-6-17(16)22/h3-8,10,12,22H,9,11H2,1-2H3,(H2,19,20). The number of amidine groups is 1. The van der Waals surface area contributed by atoms with Gasteiger partial charge >= 0.3 is 0 Å². The van der Waals surface area contributed by atoms with E-state index in [2.05, 4.69) is 48.6 Å². The van der Waals surface area contributed by atoms with Crippen molar-refractivity contribution >= 4 is 24.2 Å². The second kappa shape index (κ2) is 6.15. The molecule has 0 amide bonds. The zero-order chi connectivity index (χ0) is 15.7. The van der Waals surface area contributed by atoms with Crippen molar-refractivity contribution in [3.8, 4) is 0 Å². The van der Waals surface area contributed by atoms with Crippen molar-refractivity contribution < 1.29 is 0 Å². The topological polar surface area (TPSA) is 41.6 Å². The number of aliphatic imine (C=N–C) groups is 1. The summed E-state index contributed by atoms with van der Waals surface area (Å²) in [5, 5.41) is 0. The lowest BCUT2D eigenvalue weighted by atomic mass is 9.95. The van der Waals surface area contributed by atoms with E-state index >= 15 is 0 Å². The molecule has 0 aromatic heterocycles. The Morgan fingerprint density at radius 1 is 1.23 bits per heavy atom. The number of hydrogen-bond donors (Lipinski definition) is 2. The van der Waals surface area contributed by atoms with Crippen molar-refractivity contribution in [2.24, 2.45) is 10.7 Å². The minimum atomic E-state index is 0.503. The summed E-state index contributed by atoms with van der Waals surface area (Å²) in [4.78, 5) is 7.78. The fourth-order valence-electron chi connectivity index (χ4n) is 2.82. The average molecular weight is 311 g/mol. The Bertz CT molecular complexity index is 724. The molecule has 2 N–H and O–H groups in total. The zero-order valence-electron chi connectivity index (χ0n) is 13.0. The third-order valence-corrected chi connectivity index (χ3v) is 4.70. The summed E-state index contributed by atoms with van der Waals surface area (Å²) in [6.07, 6.45) is 1.09. The van der Waals surface area contributed by atoms with Crippen LogP contribution in [0.15, 0.2) is 52.4 Å². The van der Waals surface area contributed by atoms with Crippen LogP contribution in [0.3, 0.4) is 0 Å². The number of benzene rings is 2. The second-order valence-corrected chi connectivity index (χ2v) is 6.42. The highest BCUT2D eigenvalue weighted by molar-refractivity contribution is 7.80. The molecule has 1 aliphatic rings. The van der Waals surface area contributed by atoms with E-state index in [1.54, 1.807) is 0 Å². The van der Waals surface area contributed by atoms with Crippen molar-refractivity contribution in [2.45, 2.75) is 30.8 Å². The van der Waals surface area contributed by atoms with E-state index in [0.29, 0.717) is 11.9 Å². The number of hydrogen-bond acceptors (Lipinski definition) is 3. The first kappa shape index (κ1) is 15.1. The van der Waals surface area contributed by atoms with Gasteiger partial charge in [-0.25, -0.2) is 4.99 Å². The first-order valence-electron chi connectivity index (χ1n) is 7.49. The van der Waals surface area contributed by atoms with Gasteiger partial charge in [-0.05, 0) is 49.7 Å². The molecule has 0 saturated carbocycles. The third-order valence-electron chi connectivity index (χ3n) is 4.31. The minimum absolute atomic E-state index is 0.503. The molecular weight excluding hydrogens is 290 g/mol. The summed E-state index contributed by atoms with van der Waals surface area (Å²) in [6, 6.07) is 14.7. The summed E-state index contributed by atoms with van der Waals surface area (Å²) in [5.74, 6) is 0.503. The molecule has 114 valence electrons. The highest BCUT2D eigenvalue weighted by Gasteiger charge is 2.19. The number of likely N-dealkylation sites (N-methyl/N-ethyl adjacent to an activating group) is 1. The van der Waals surface area contributed by atoms with E-state index in [0.717, 1.165) is 29.1 Å².